The summed E-state index contributed by atoms with van der Waals surface area (Å²) in [6, 6.07) is 8.08. The molecule has 0 radical (unpaired) electrons. The van der Waals surface area contributed by atoms with Gasteiger partial charge in [-0.2, -0.15) is 0 Å². The van der Waals surface area contributed by atoms with Gasteiger partial charge in [0.25, 0.3) is 5.91 Å². The Morgan fingerprint density at radius 2 is 2.04 bits per heavy atom. The van der Waals surface area contributed by atoms with Gasteiger partial charge in [0.15, 0.2) is 0 Å². The van der Waals surface area contributed by atoms with Crippen molar-refractivity contribution in [2.24, 2.45) is 0 Å². The Bertz CT molecular complexity index is 701. The lowest BCUT2D eigenvalue weighted by molar-refractivity contribution is 0.0773. The molecule has 2 saturated heterocycles. The van der Waals surface area contributed by atoms with E-state index in [-0.39, 0.29) is 18.3 Å². The van der Waals surface area contributed by atoms with Crippen LogP contribution in [0.15, 0.2) is 36.7 Å². The third kappa shape index (κ3) is 3.84. The van der Waals surface area contributed by atoms with E-state index in [1.165, 1.54) is 0 Å². The molecule has 134 valence electrons. The minimum Gasteiger partial charge on any atom is -0.337 e. The van der Waals surface area contributed by atoms with Crippen molar-refractivity contribution in [2.75, 3.05) is 39.3 Å². The van der Waals surface area contributed by atoms with E-state index >= 15 is 0 Å². The van der Waals surface area contributed by atoms with Gasteiger partial charge in [0.05, 0.1) is 18.1 Å². The van der Waals surface area contributed by atoms with Gasteiger partial charge in [-0.1, -0.05) is 11.3 Å². The molecule has 4 rings (SSSR count). The van der Waals surface area contributed by atoms with E-state index in [1.807, 2.05) is 29.2 Å². The average molecular weight is 363 g/mol. The number of carbonyl (C=O) groups is 1. The third-order valence-corrected chi connectivity index (χ3v) is 4.90. The van der Waals surface area contributed by atoms with E-state index < -0.39 is 0 Å². The fourth-order valence-corrected chi connectivity index (χ4v) is 3.58. The Kier molecular flexibility index (Phi) is 5.67. The molecule has 2 aromatic rings. The highest BCUT2D eigenvalue weighted by Gasteiger charge is 2.31. The predicted molar refractivity (Wildman–Crippen MR) is 97.4 cm³/mol. The van der Waals surface area contributed by atoms with Gasteiger partial charge in [-0.25, -0.2) is 4.68 Å². The van der Waals surface area contributed by atoms with Crippen LogP contribution in [0.2, 0.25) is 0 Å². The Labute approximate surface area is 153 Å². The van der Waals surface area contributed by atoms with Crippen LogP contribution in [0.1, 0.15) is 16.8 Å². The summed E-state index contributed by atoms with van der Waals surface area (Å²) in [6.45, 7) is 5.91. The van der Waals surface area contributed by atoms with Crippen molar-refractivity contribution in [3.05, 3.63) is 42.2 Å². The molecular formula is C17H23ClN6O. The summed E-state index contributed by atoms with van der Waals surface area (Å²) in [5.74, 6) is 0.106. The number of aromatic nitrogens is 3. The van der Waals surface area contributed by atoms with Crippen molar-refractivity contribution in [1.82, 2.24) is 30.1 Å². The zero-order valence-corrected chi connectivity index (χ0v) is 14.9. The van der Waals surface area contributed by atoms with Gasteiger partial charge < -0.3 is 10.2 Å². The Morgan fingerprint density at radius 3 is 2.80 bits per heavy atom. The maximum Gasteiger partial charge on any atom is 0.253 e. The number of nitrogens with one attached hydrogen (secondary N) is 1. The second-order valence-electron chi connectivity index (χ2n) is 6.38. The van der Waals surface area contributed by atoms with Gasteiger partial charge in [-0.05, 0) is 24.6 Å². The number of likely N-dealkylation sites (tertiary alicyclic amines) is 1. The van der Waals surface area contributed by atoms with Crippen LogP contribution in [0.3, 0.4) is 0 Å². The highest BCUT2D eigenvalue weighted by atomic mass is 35.5. The SMILES string of the molecule is Cl.O=C(c1cccc(-n2ccnn2)c1)N1CCC(N2CCNCC2)C1. The van der Waals surface area contributed by atoms with E-state index in [4.69, 9.17) is 0 Å². The molecule has 3 heterocycles. The third-order valence-electron chi connectivity index (χ3n) is 4.90. The molecule has 1 unspecified atom stereocenters. The first-order valence-corrected chi connectivity index (χ1v) is 8.52. The highest BCUT2D eigenvalue weighted by Crippen LogP contribution is 2.19. The molecule has 1 N–H and O–H groups in total. The van der Waals surface area contributed by atoms with Crippen LogP contribution in [-0.4, -0.2) is 76.0 Å². The van der Waals surface area contributed by atoms with Gasteiger partial charge >= 0.3 is 0 Å². The number of hydrogen-bond donors (Lipinski definition) is 1. The molecule has 1 amide bonds. The zero-order chi connectivity index (χ0) is 16.4. The average Bonchev–Trinajstić information content (AvgIpc) is 3.34. The van der Waals surface area contributed by atoms with Gasteiger partial charge in [-0.15, -0.1) is 17.5 Å². The Morgan fingerprint density at radius 1 is 1.20 bits per heavy atom. The lowest BCUT2D eigenvalue weighted by Crippen LogP contribution is -2.49. The van der Waals surface area contributed by atoms with Crippen LogP contribution >= 0.6 is 12.4 Å². The predicted octanol–water partition coefficient (Wildman–Crippen LogP) is 0.809. The van der Waals surface area contributed by atoms with Gasteiger partial charge in [0, 0.05) is 50.9 Å². The van der Waals surface area contributed by atoms with Crippen molar-refractivity contribution in [3.8, 4) is 5.69 Å². The van der Waals surface area contributed by atoms with Gasteiger partial charge in [0.2, 0.25) is 0 Å². The molecule has 8 heteroatoms. The fraction of sp³-hybridized carbons (Fsp3) is 0.471. The zero-order valence-electron chi connectivity index (χ0n) is 14.0. The van der Waals surface area contributed by atoms with Crippen molar-refractivity contribution >= 4 is 18.3 Å². The van der Waals surface area contributed by atoms with E-state index in [0.717, 1.165) is 51.4 Å². The Hall–Kier alpha value is -1.96. The molecule has 0 aliphatic carbocycles. The molecule has 1 aromatic heterocycles. The first-order chi connectivity index (χ1) is 11.8. The number of carbonyl (C=O) groups excluding carboxylic acids is 1. The van der Waals surface area contributed by atoms with Crippen LogP contribution < -0.4 is 5.32 Å². The van der Waals surface area contributed by atoms with Crippen LogP contribution in [0.5, 0.6) is 0 Å². The topological polar surface area (TPSA) is 66.3 Å². The summed E-state index contributed by atoms with van der Waals surface area (Å²) in [6.07, 6.45) is 4.47. The van der Waals surface area contributed by atoms with Gasteiger partial charge in [0.1, 0.15) is 0 Å². The number of piperazine rings is 1. The van der Waals surface area contributed by atoms with E-state index in [2.05, 4.69) is 20.5 Å². The Balaban J connectivity index is 0.00000182. The maximum absolute atomic E-state index is 12.8. The summed E-state index contributed by atoms with van der Waals surface area (Å²) < 4.78 is 1.67. The lowest BCUT2D eigenvalue weighted by atomic mass is 10.1. The second-order valence-corrected chi connectivity index (χ2v) is 6.38. The first-order valence-electron chi connectivity index (χ1n) is 8.52. The van der Waals surface area contributed by atoms with E-state index in [0.29, 0.717) is 11.6 Å². The molecule has 0 bridgehead atoms. The molecule has 1 aromatic carbocycles. The van der Waals surface area contributed by atoms with Gasteiger partial charge in [-0.3, -0.25) is 9.69 Å². The number of rotatable bonds is 3. The van der Waals surface area contributed by atoms with Crippen molar-refractivity contribution < 1.29 is 4.79 Å². The lowest BCUT2D eigenvalue weighted by Gasteiger charge is -2.32. The number of hydrogen-bond acceptors (Lipinski definition) is 5. The van der Waals surface area contributed by atoms with Crippen molar-refractivity contribution in [3.63, 3.8) is 0 Å². The highest BCUT2D eigenvalue weighted by molar-refractivity contribution is 5.95. The summed E-state index contributed by atoms with van der Waals surface area (Å²) >= 11 is 0. The number of benzene rings is 1. The molecule has 0 spiro atoms. The standard InChI is InChI=1S/C17H22N6O.ClH/c24-17(14-2-1-3-15(12-14)23-11-7-19-20-23)22-8-4-16(13-22)21-9-5-18-6-10-21;/h1-3,7,11-12,16,18H,4-6,8-10,13H2;1H. The fourth-order valence-electron chi connectivity index (χ4n) is 3.58. The number of nitrogens with zero attached hydrogens (tertiary/aromatic N) is 5. The molecule has 2 fully saturated rings. The van der Waals surface area contributed by atoms with Crippen molar-refractivity contribution in [2.45, 2.75) is 12.5 Å². The van der Waals surface area contributed by atoms with E-state index in [1.54, 1.807) is 17.1 Å². The molecule has 2 aliphatic heterocycles. The minimum atomic E-state index is 0. The number of amides is 1. The summed E-state index contributed by atoms with van der Waals surface area (Å²) in [7, 11) is 0. The molecular weight excluding hydrogens is 340 g/mol. The first kappa shape index (κ1) is 17.8. The van der Waals surface area contributed by atoms with Crippen LogP contribution in [-0.2, 0) is 0 Å². The normalized spacial score (nSPS) is 21.1. The molecule has 7 nitrogen and oxygen atoms in total. The van der Waals surface area contributed by atoms with Crippen molar-refractivity contribution in [1.29, 1.82) is 0 Å². The van der Waals surface area contributed by atoms with Crippen LogP contribution in [0.25, 0.3) is 5.69 Å². The quantitative estimate of drug-likeness (QED) is 0.875. The summed E-state index contributed by atoms with van der Waals surface area (Å²) in [5.41, 5.74) is 1.57. The van der Waals surface area contributed by atoms with Crippen LogP contribution in [0, 0.1) is 0 Å². The summed E-state index contributed by atoms with van der Waals surface area (Å²) in [5, 5.41) is 11.2. The molecule has 2 aliphatic rings. The van der Waals surface area contributed by atoms with E-state index in [9.17, 15) is 4.79 Å². The van der Waals surface area contributed by atoms with Crippen LogP contribution in [0.4, 0.5) is 0 Å². The molecule has 25 heavy (non-hydrogen) atoms. The molecule has 0 saturated carbocycles. The monoisotopic (exact) mass is 362 g/mol. The summed E-state index contributed by atoms with van der Waals surface area (Å²) in [4.78, 5) is 17.3. The minimum absolute atomic E-state index is 0. The largest absolute Gasteiger partial charge is 0.337 e. The maximum atomic E-state index is 12.8. The number of halogens is 1. The second kappa shape index (κ2) is 7.95. The smallest absolute Gasteiger partial charge is 0.253 e. The molecule has 1 atom stereocenters.